The molecule has 2 atom stereocenters. The molecule has 1 aliphatic heterocycles. The van der Waals surface area contributed by atoms with E-state index in [1.54, 1.807) is 20.2 Å². The van der Waals surface area contributed by atoms with Crippen LogP contribution in [0.3, 0.4) is 0 Å². The van der Waals surface area contributed by atoms with Crippen molar-refractivity contribution < 1.29 is 28.6 Å². The van der Waals surface area contributed by atoms with Gasteiger partial charge in [0.25, 0.3) is 0 Å². The topological polar surface area (TPSA) is 119 Å². The number of likely N-dealkylation sites (tertiary alicyclic amines) is 1. The van der Waals surface area contributed by atoms with Crippen LogP contribution in [0.25, 0.3) is 10.8 Å². The van der Waals surface area contributed by atoms with E-state index in [0.717, 1.165) is 33.0 Å². The smallest absolute Gasteiger partial charge is 0.408 e. The number of hydrogen-bond donors (Lipinski definition) is 2. The van der Waals surface area contributed by atoms with E-state index in [1.807, 2.05) is 103 Å². The molecule has 1 fully saturated rings. The van der Waals surface area contributed by atoms with Crippen LogP contribution in [0, 0.1) is 0 Å². The monoisotopic (exact) mass is 748 g/mol. The number of ether oxygens (including phenoxy) is 3. The van der Waals surface area contributed by atoms with Crippen molar-refractivity contribution in [3.63, 3.8) is 0 Å². The Morgan fingerprint density at radius 1 is 0.821 bits per heavy atom. The van der Waals surface area contributed by atoms with Crippen molar-refractivity contribution in [3.05, 3.63) is 174 Å². The van der Waals surface area contributed by atoms with E-state index in [2.05, 4.69) is 47.0 Å². The molecule has 284 valence electrons. The van der Waals surface area contributed by atoms with Crippen LogP contribution in [0.1, 0.15) is 41.2 Å². The molecule has 0 saturated carbocycles. The Labute approximate surface area is 326 Å². The average molecular weight is 749 g/mol. The van der Waals surface area contributed by atoms with Gasteiger partial charge in [-0.15, -0.1) is 0 Å². The molecule has 0 bridgehead atoms. The molecular weight excluding hydrogens is 705 g/mol. The third-order valence-corrected chi connectivity index (χ3v) is 10.2. The number of benzene rings is 5. The van der Waals surface area contributed by atoms with Gasteiger partial charge in [0.15, 0.2) is 0 Å². The van der Waals surface area contributed by atoms with E-state index in [4.69, 9.17) is 19.2 Å². The number of carbonyl (C=O) groups excluding carboxylic acids is 3. The standard InChI is InChI=1S/C46H44N4O6/c1-3-55-44(52)40(50-27-25-39(43(50)51)48-45(53)56-31-32-16-8-4-9-17-32)29-34-28-33-24-26-47-42(38(33)30-41(34)54-2)49-46(35-18-10-5-11-19-35,36-20-12-6-13-21-36)37-22-14-7-15-23-37/h4-24,26,28,30,39-40H,3,25,27,29,31H2,1-2H3,(H,47,49)(H,48,53)/t39-,40+/m0/s1. The molecular formula is C46H44N4O6. The van der Waals surface area contributed by atoms with E-state index in [9.17, 15) is 14.4 Å². The molecule has 10 heteroatoms. The highest BCUT2D eigenvalue weighted by Gasteiger charge is 2.41. The van der Waals surface area contributed by atoms with Gasteiger partial charge in [0.05, 0.1) is 13.7 Å². The Balaban J connectivity index is 1.20. The second-order valence-electron chi connectivity index (χ2n) is 13.6. The van der Waals surface area contributed by atoms with E-state index in [1.165, 1.54) is 4.90 Å². The summed E-state index contributed by atoms with van der Waals surface area (Å²) < 4.78 is 16.8. The number of pyridine rings is 1. The quantitative estimate of drug-likeness (QED) is 0.0862. The third-order valence-electron chi connectivity index (χ3n) is 10.2. The number of nitrogens with one attached hydrogen (secondary N) is 2. The fourth-order valence-corrected chi connectivity index (χ4v) is 7.48. The number of carbonyl (C=O) groups is 3. The van der Waals surface area contributed by atoms with Gasteiger partial charge >= 0.3 is 12.1 Å². The fourth-order valence-electron chi connectivity index (χ4n) is 7.48. The van der Waals surface area contributed by atoms with Gasteiger partial charge in [-0.05, 0) is 64.7 Å². The van der Waals surface area contributed by atoms with Crippen molar-refractivity contribution in [2.24, 2.45) is 0 Å². The molecule has 1 aromatic heterocycles. The molecule has 6 aromatic rings. The lowest BCUT2D eigenvalue weighted by atomic mass is 9.77. The maximum Gasteiger partial charge on any atom is 0.408 e. The Kier molecular flexibility index (Phi) is 11.6. The van der Waals surface area contributed by atoms with Crippen molar-refractivity contribution in [3.8, 4) is 5.75 Å². The van der Waals surface area contributed by atoms with Crippen LogP contribution >= 0.6 is 0 Å². The number of aromatic nitrogens is 1. The number of fused-ring (bicyclic) bond motifs is 1. The Morgan fingerprint density at radius 3 is 1.98 bits per heavy atom. The largest absolute Gasteiger partial charge is 0.496 e. The molecule has 2 heterocycles. The van der Waals surface area contributed by atoms with Crippen molar-refractivity contribution in [2.75, 3.05) is 25.6 Å². The molecule has 1 saturated heterocycles. The van der Waals surface area contributed by atoms with Gasteiger partial charge in [-0.2, -0.15) is 0 Å². The van der Waals surface area contributed by atoms with E-state index in [0.29, 0.717) is 23.6 Å². The molecule has 0 radical (unpaired) electrons. The van der Waals surface area contributed by atoms with Crippen LogP contribution in [0.15, 0.2) is 146 Å². The summed E-state index contributed by atoms with van der Waals surface area (Å²) in [5.41, 5.74) is 3.82. The lowest BCUT2D eigenvalue weighted by molar-refractivity contribution is -0.153. The summed E-state index contributed by atoms with van der Waals surface area (Å²) in [4.78, 5) is 46.3. The number of alkyl carbamates (subject to hydrolysis) is 1. The van der Waals surface area contributed by atoms with Crippen LogP contribution < -0.4 is 15.4 Å². The number of rotatable bonds is 14. The van der Waals surface area contributed by atoms with Gasteiger partial charge in [0.1, 0.15) is 35.8 Å². The molecule has 0 unspecified atom stereocenters. The number of anilines is 1. The predicted molar refractivity (Wildman–Crippen MR) is 215 cm³/mol. The lowest BCUT2D eigenvalue weighted by Crippen LogP contribution is -2.48. The summed E-state index contributed by atoms with van der Waals surface area (Å²) >= 11 is 0. The van der Waals surface area contributed by atoms with Crippen LogP contribution in [0.4, 0.5) is 10.6 Å². The minimum Gasteiger partial charge on any atom is -0.496 e. The molecule has 10 nitrogen and oxygen atoms in total. The zero-order chi connectivity index (χ0) is 38.9. The van der Waals surface area contributed by atoms with Gasteiger partial charge in [-0.3, -0.25) is 4.79 Å². The van der Waals surface area contributed by atoms with Gasteiger partial charge in [0.2, 0.25) is 5.91 Å². The second kappa shape index (κ2) is 17.2. The molecule has 0 aliphatic carbocycles. The summed E-state index contributed by atoms with van der Waals surface area (Å²) in [5, 5.41) is 8.23. The first kappa shape index (κ1) is 37.6. The van der Waals surface area contributed by atoms with Crippen LogP contribution in [-0.4, -0.2) is 60.2 Å². The molecule has 0 spiro atoms. The Morgan fingerprint density at radius 2 is 1.41 bits per heavy atom. The molecule has 2 N–H and O–H groups in total. The lowest BCUT2D eigenvalue weighted by Gasteiger charge is -2.37. The zero-order valence-corrected chi connectivity index (χ0v) is 31.4. The number of methoxy groups -OCH3 is 1. The Hall–Kier alpha value is -6.68. The third kappa shape index (κ3) is 7.91. The van der Waals surface area contributed by atoms with Crippen molar-refractivity contribution in [1.82, 2.24) is 15.2 Å². The molecule has 7 rings (SSSR count). The summed E-state index contributed by atoms with van der Waals surface area (Å²) in [6, 6.07) is 44.2. The van der Waals surface area contributed by atoms with Gasteiger partial charge < -0.3 is 29.7 Å². The maximum absolute atomic E-state index is 13.8. The highest BCUT2D eigenvalue weighted by molar-refractivity contribution is 5.95. The van der Waals surface area contributed by atoms with Crippen molar-refractivity contribution >= 4 is 34.6 Å². The fraction of sp³-hybridized carbons (Fsp3) is 0.217. The molecule has 1 aliphatic rings. The minimum atomic E-state index is -0.956. The SMILES string of the molecule is CCOC(=O)[C@@H](Cc1cc2ccnc(NC(c3ccccc3)(c3ccccc3)c3ccccc3)c2cc1OC)N1CC[C@H](NC(=O)OCc2ccccc2)C1=O. The van der Waals surface area contributed by atoms with Gasteiger partial charge in [0, 0.05) is 24.5 Å². The van der Waals surface area contributed by atoms with Crippen molar-refractivity contribution in [1.29, 1.82) is 0 Å². The maximum atomic E-state index is 13.8. The highest BCUT2D eigenvalue weighted by Crippen LogP contribution is 2.42. The van der Waals surface area contributed by atoms with Crippen LogP contribution in [0.2, 0.25) is 0 Å². The van der Waals surface area contributed by atoms with Crippen LogP contribution in [-0.2, 0) is 37.6 Å². The Bertz CT molecular complexity index is 2180. The van der Waals surface area contributed by atoms with Gasteiger partial charge in [-0.1, -0.05) is 121 Å². The highest BCUT2D eigenvalue weighted by atomic mass is 16.5. The number of esters is 1. The predicted octanol–water partition coefficient (Wildman–Crippen LogP) is 7.65. The zero-order valence-electron chi connectivity index (χ0n) is 31.4. The first-order valence-electron chi connectivity index (χ1n) is 18.8. The first-order valence-corrected chi connectivity index (χ1v) is 18.8. The minimum absolute atomic E-state index is 0.0724. The number of nitrogens with zero attached hydrogens (tertiary/aromatic N) is 2. The summed E-state index contributed by atoms with van der Waals surface area (Å²) in [5.74, 6) is 0.243. The van der Waals surface area contributed by atoms with Gasteiger partial charge in [-0.25, -0.2) is 14.6 Å². The normalized spacial score (nSPS) is 14.6. The second-order valence-corrected chi connectivity index (χ2v) is 13.6. The van der Waals surface area contributed by atoms with Crippen LogP contribution in [0.5, 0.6) is 5.75 Å². The first-order chi connectivity index (χ1) is 27.4. The summed E-state index contributed by atoms with van der Waals surface area (Å²) in [7, 11) is 1.58. The molecule has 56 heavy (non-hydrogen) atoms. The average Bonchev–Trinajstić information content (AvgIpc) is 3.60. The summed E-state index contributed by atoms with van der Waals surface area (Å²) in [6.45, 7) is 2.20. The molecule has 2 amide bonds. The van der Waals surface area contributed by atoms with Crippen molar-refractivity contribution in [2.45, 2.75) is 44.0 Å². The van der Waals surface area contributed by atoms with E-state index >= 15 is 0 Å². The number of hydrogen-bond acceptors (Lipinski definition) is 8. The van der Waals surface area contributed by atoms with E-state index < -0.39 is 29.7 Å². The number of amides is 2. The summed E-state index contributed by atoms with van der Waals surface area (Å²) in [6.07, 6.45) is 1.50. The molecule has 5 aromatic carbocycles. The van der Waals surface area contributed by atoms with E-state index in [-0.39, 0.29) is 32.1 Å².